The van der Waals surface area contributed by atoms with Crippen molar-refractivity contribution in [2.75, 3.05) is 0 Å². The van der Waals surface area contributed by atoms with Crippen LogP contribution in [0.3, 0.4) is 0 Å². The Bertz CT molecular complexity index is 3260. The van der Waals surface area contributed by atoms with Gasteiger partial charge < -0.3 is 0 Å². The number of aromatic nitrogens is 4. The summed E-state index contributed by atoms with van der Waals surface area (Å²) in [5.41, 5.74) is 14.3. The third kappa shape index (κ3) is 4.99. The Morgan fingerprint density at radius 1 is 0.436 bits per heavy atom. The molecule has 11 aromatic rings. The minimum absolute atomic E-state index is 0.936. The average molecular weight is 703 g/mol. The molecule has 8 aromatic carbocycles. The van der Waals surface area contributed by atoms with Crippen LogP contribution < -0.4 is 0 Å². The Morgan fingerprint density at radius 3 is 1.89 bits per heavy atom. The lowest BCUT2D eigenvalue weighted by Crippen LogP contribution is -1.97. The molecule has 258 valence electrons. The highest BCUT2D eigenvalue weighted by Crippen LogP contribution is 2.41. The molecule has 4 heteroatoms. The Labute approximate surface area is 318 Å². The van der Waals surface area contributed by atoms with Crippen LogP contribution in [0.1, 0.15) is 5.56 Å². The maximum atomic E-state index is 5.45. The van der Waals surface area contributed by atoms with Crippen molar-refractivity contribution >= 4 is 49.1 Å². The first-order valence-corrected chi connectivity index (χ1v) is 18.8. The van der Waals surface area contributed by atoms with Gasteiger partial charge in [-0.1, -0.05) is 133 Å². The van der Waals surface area contributed by atoms with Gasteiger partial charge in [0.05, 0.1) is 27.9 Å². The molecule has 0 spiro atoms. The fraction of sp³-hybridized carbons (Fsp3) is 0.0196. The molecule has 0 fully saturated rings. The van der Waals surface area contributed by atoms with Crippen LogP contribution in [-0.2, 0) is 0 Å². The van der Waals surface area contributed by atoms with E-state index in [1.54, 1.807) is 0 Å². The summed E-state index contributed by atoms with van der Waals surface area (Å²) in [6.07, 6.45) is 0. The van der Waals surface area contributed by atoms with Gasteiger partial charge in [0.15, 0.2) is 0 Å². The highest BCUT2D eigenvalue weighted by Gasteiger charge is 2.22. The summed E-state index contributed by atoms with van der Waals surface area (Å²) >= 11 is 0. The molecular weight excluding hydrogens is 669 g/mol. The zero-order chi connectivity index (χ0) is 36.5. The molecule has 0 unspecified atom stereocenters. The van der Waals surface area contributed by atoms with Gasteiger partial charge in [0.25, 0.3) is 0 Å². The first kappa shape index (κ1) is 31.2. The molecule has 3 aromatic heterocycles. The van der Waals surface area contributed by atoms with Crippen LogP contribution in [0.2, 0.25) is 0 Å². The van der Waals surface area contributed by atoms with Crippen LogP contribution in [-0.4, -0.2) is 18.9 Å². The lowest BCUT2D eigenvalue weighted by Gasteiger charge is -2.14. The predicted octanol–water partition coefficient (Wildman–Crippen LogP) is 13.1. The molecule has 0 atom stereocenters. The van der Waals surface area contributed by atoms with Gasteiger partial charge in [-0.25, -0.2) is 9.97 Å². The molecule has 4 nitrogen and oxygen atoms in total. The Kier molecular flexibility index (Phi) is 7.04. The molecule has 3 heterocycles. The number of fused-ring (bicyclic) bond motifs is 8. The van der Waals surface area contributed by atoms with Crippen LogP contribution in [0.5, 0.6) is 0 Å². The zero-order valence-corrected chi connectivity index (χ0v) is 30.2. The molecular formula is C51H34N4. The number of hydrogen-bond acceptors (Lipinski definition) is 2. The van der Waals surface area contributed by atoms with Gasteiger partial charge in [0, 0.05) is 33.2 Å². The quantitative estimate of drug-likeness (QED) is 0.167. The smallest absolute Gasteiger partial charge is 0.146 e. The monoisotopic (exact) mass is 702 g/mol. The van der Waals surface area contributed by atoms with Gasteiger partial charge in [-0.2, -0.15) is 0 Å². The molecule has 0 aliphatic carbocycles. The second-order valence-corrected chi connectivity index (χ2v) is 14.3. The third-order valence-corrected chi connectivity index (χ3v) is 11.0. The van der Waals surface area contributed by atoms with Crippen molar-refractivity contribution < 1.29 is 0 Å². The molecule has 55 heavy (non-hydrogen) atoms. The Morgan fingerprint density at radius 2 is 1.07 bits per heavy atom. The van der Waals surface area contributed by atoms with Gasteiger partial charge in [-0.15, -0.1) is 0 Å². The Hall–Kier alpha value is -7.30. The summed E-state index contributed by atoms with van der Waals surface area (Å²) in [7, 11) is 0. The highest BCUT2D eigenvalue weighted by molar-refractivity contribution is 6.14. The van der Waals surface area contributed by atoms with E-state index in [1.807, 2.05) is 0 Å². The van der Waals surface area contributed by atoms with E-state index in [4.69, 9.17) is 9.97 Å². The number of imidazole rings is 2. The summed E-state index contributed by atoms with van der Waals surface area (Å²) in [5.74, 6) is 0.936. The van der Waals surface area contributed by atoms with Crippen molar-refractivity contribution in [1.82, 2.24) is 18.9 Å². The van der Waals surface area contributed by atoms with Crippen molar-refractivity contribution in [1.29, 1.82) is 0 Å². The molecule has 0 radical (unpaired) electrons. The zero-order valence-electron chi connectivity index (χ0n) is 30.2. The van der Waals surface area contributed by atoms with Gasteiger partial charge in [0.2, 0.25) is 0 Å². The number of pyridine rings is 1. The van der Waals surface area contributed by atoms with Crippen molar-refractivity contribution in [3.05, 3.63) is 194 Å². The first-order valence-electron chi connectivity index (χ1n) is 18.8. The minimum Gasteiger partial charge on any atom is -0.292 e. The number of hydrogen-bond donors (Lipinski definition) is 0. The SMILES string of the molecule is Cc1ccccc1-c1c(-c2ccccc2)nc2c3ccc(-c4ccc5cc(-c6nc7ccccc7n6-c6ccccc6)ccc5c4)cc3c3ccccc3n12. The highest BCUT2D eigenvalue weighted by atomic mass is 15.1. The van der Waals surface area contributed by atoms with Gasteiger partial charge in [-0.05, 0) is 94.4 Å². The van der Waals surface area contributed by atoms with E-state index >= 15 is 0 Å². The van der Waals surface area contributed by atoms with E-state index in [-0.39, 0.29) is 0 Å². The van der Waals surface area contributed by atoms with Crippen LogP contribution in [0.15, 0.2) is 188 Å². The van der Waals surface area contributed by atoms with E-state index in [0.717, 1.165) is 61.6 Å². The van der Waals surface area contributed by atoms with Crippen LogP contribution >= 0.6 is 0 Å². The lowest BCUT2D eigenvalue weighted by atomic mass is 9.96. The van der Waals surface area contributed by atoms with E-state index in [1.165, 1.54) is 43.8 Å². The molecule has 0 aliphatic rings. The molecule has 0 amide bonds. The summed E-state index contributed by atoms with van der Waals surface area (Å²) in [6, 6.07) is 67.1. The van der Waals surface area contributed by atoms with Crippen LogP contribution in [0, 0.1) is 6.92 Å². The third-order valence-electron chi connectivity index (χ3n) is 11.0. The predicted molar refractivity (Wildman–Crippen MR) is 229 cm³/mol. The molecule has 0 saturated carbocycles. The van der Waals surface area contributed by atoms with E-state index < -0.39 is 0 Å². The first-order chi connectivity index (χ1) is 27.2. The molecule has 0 aliphatic heterocycles. The van der Waals surface area contributed by atoms with Crippen molar-refractivity contribution in [2.24, 2.45) is 0 Å². The second kappa shape index (κ2) is 12.4. The largest absolute Gasteiger partial charge is 0.292 e. The number of aryl methyl sites for hydroxylation is 1. The van der Waals surface area contributed by atoms with Crippen LogP contribution in [0.25, 0.3) is 99.8 Å². The summed E-state index contributed by atoms with van der Waals surface area (Å²) in [5, 5.41) is 5.89. The fourth-order valence-corrected chi connectivity index (χ4v) is 8.38. The van der Waals surface area contributed by atoms with E-state index in [9.17, 15) is 0 Å². The number of para-hydroxylation sites is 4. The van der Waals surface area contributed by atoms with E-state index in [0.29, 0.717) is 0 Å². The fourth-order valence-electron chi connectivity index (χ4n) is 8.38. The number of rotatable bonds is 5. The van der Waals surface area contributed by atoms with Crippen LogP contribution in [0.4, 0.5) is 0 Å². The maximum absolute atomic E-state index is 5.45. The summed E-state index contributed by atoms with van der Waals surface area (Å²) in [4.78, 5) is 10.6. The van der Waals surface area contributed by atoms with Gasteiger partial charge >= 0.3 is 0 Å². The molecule has 0 N–H and O–H groups in total. The molecule has 0 bridgehead atoms. The standard InChI is InChI=1S/C51H34N4/c1-33-14-8-9-19-41(33)49-48(34-15-4-2-5-16-34)53-51-43-29-28-38(32-44(43)42-20-10-12-22-46(42)55(49)51)36-24-25-37-31-39(27-26-35(37)30-36)50-52-45-21-11-13-23-47(45)54(50)40-17-6-3-7-18-40/h2-32H,1H3. The average Bonchev–Trinajstić information content (AvgIpc) is 3.84. The molecule has 11 rings (SSSR count). The van der Waals surface area contributed by atoms with Crippen molar-refractivity contribution in [2.45, 2.75) is 6.92 Å². The summed E-state index contributed by atoms with van der Waals surface area (Å²) < 4.78 is 4.63. The topological polar surface area (TPSA) is 35.1 Å². The number of benzene rings is 8. The van der Waals surface area contributed by atoms with Gasteiger partial charge in [-0.3, -0.25) is 8.97 Å². The normalized spacial score (nSPS) is 11.7. The summed E-state index contributed by atoms with van der Waals surface area (Å²) in [6.45, 7) is 2.19. The minimum atomic E-state index is 0.936. The van der Waals surface area contributed by atoms with E-state index in [2.05, 4.69) is 204 Å². The Balaban J connectivity index is 1.07. The van der Waals surface area contributed by atoms with Gasteiger partial charge in [0.1, 0.15) is 11.5 Å². The second-order valence-electron chi connectivity index (χ2n) is 14.3. The maximum Gasteiger partial charge on any atom is 0.146 e. The van der Waals surface area contributed by atoms with Crippen molar-refractivity contribution in [3.8, 4) is 50.7 Å². The van der Waals surface area contributed by atoms with Crippen molar-refractivity contribution in [3.63, 3.8) is 0 Å². The molecule has 0 saturated heterocycles. The number of nitrogens with zero attached hydrogens (tertiary/aromatic N) is 4. The lowest BCUT2D eigenvalue weighted by molar-refractivity contribution is 1.10.